The van der Waals surface area contributed by atoms with Gasteiger partial charge in [0, 0.05) is 0 Å². The maximum atomic E-state index is 11.1. The molecule has 0 radical (unpaired) electrons. The molecular formula is C10H18O6. The van der Waals surface area contributed by atoms with E-state index in [0.717, 1.165) is 13.8 Å². The van der Waals surface area contributed by atoms with Crippen molar-refractivity contribution in [1.29, 1.82) is 0 Å². The second-order valence-electron chi connectivity index (χ2n) is 3.36. The molecule has 0 spiro atoms. The molecule has 0 aliphatic rings. The Morgan fingerprint density at radius 2 is 1.56 bits per heavy atom. The molecule has 0 aliphatic heterocycles. The zero-order chi connectivity index (χ0) is 12.6. The Morgan fingerprint density at radius 1 is 1.06 bits per heavy atom. The molecule has 0 unspecified atom stereocenters. The van der Waals surface area contributed by atoms with Gasteiger partial charge in [-0.15, -0.1) is 0 Å². The van der Waals surface area contributed by atoms with Crippen molar-refractivity contribution in [2.75, 3.05) is 33.0 Å². The van der Waals surface area contributed by atoms with Crippen molar-refractivity contribution in [2.24, 2.45) is 0 Å². The van der Waals surface area contributed by atoms with Crippen LogP contribution in [-0.2, 0) is 19.1 Å². The SMILES string of the molecule is CC(=O)C(O)(COCCOCCO)C(C)=O. The minimum absolute atomic E-state index is 0.0785. The molecule has 6 heteroatoms. The Morgan fingerprint density at radius 3 is 2.00 bits per heavy atom. The molecule has 0 atom stereocenters. The van der Waals surface area contributed by atoms with Crippen LogP contribution in [0.2, 0.25) is 0 Å². The first kappa shape index (κ1) is 15.2. The Bertz CT molecular complexity index is 223. The summed E-state index contributed by atoms with van der Waals surface area (Å²) in [5, 5.41) is 18.1. The summed E-state index contributed by atoms with van der Waals surface area (Å²) in [7, 11) is 0. The minimum Gasteiger partial charge on any atom is -0.394 e. The Labute approximate surface area is 94.2 Å². The van der Waals surface area contributed by atoms with Crippen molar-refractivity contribution in [3.63, 3.8) is 0 Å². The van der Waals surface area contributed by atoms with Crippen LogP contribution in [0, 0.1) is 0 Å². The first-order valence-corrected chi connectivity index (χ1v) is 4.96. The molecule has 0 saturated heterocycles. The van der Waals surface area contributed by atoms with Crippen molar-refractivity contribution >= 4 is 11.6 Å². The molecule has 0 amide bonds. The van der Waals surface area contributed by atoms with Gasteiger partial charge in [-0.25, -0.2) is 0 Å². The molecule has 94 valence electrons. The summed E-state index contributed by atoms with van der Waals surface area (Å²) in [6, 6.07) is 0. The second-order valence-corrected chi connectivity index (χ2v) is 3.36. The van der Waals surface area contributed by atoms with Gasteiger partial charge in [0.1, 0.15) is 0 Å². The Hall–Kier alpha value is -0.820. The lowest BCUT2D eigenvalue weighted by Crippen LogP contribution is -2.48. The molecule has 0 heterocycles. The van der Waals surface area contributed by atoms with E-state index in [9.17, 15) is 14.7 Å². The van der Waals surface area contributed by atoms with Crippen LogP contribution < -0.4 is 0 Å². The number of hydrogen-bond acceptors (Lipinski definition) is 6. The lowest BCUT2D eigenvalue weighted by atomic mass is 9.96. The summed E-state index contributed by atoms with van der Waals surface area (Å²) in [4.78, 5) is 22.1. The number of aliphatic hydroxyl groups is 2. The second kappa shape index (κ2) is 7.45. The molecule has 0 saturated carbocycles. The third-order valence-electron chi connectivity index (χ3n) is 2.08. The molecule has 0 fully saturated rings. The third kappa shape index (κ3) is 4.80. The first-order chi connectivity index (χ1) is 7.45. The third-order valence-corrected chi connectivity index (χ3v) is 2.08. The van der Waals surface area contributed by atoms with Crippen LogP contribution in [0.4, 0.5) is 0 Å². The van der Waals surface area contributed by atoms with Gasteiger partial charge in [0.15, 0.2) is 11.6 Å². The highest BCUT2D eigenvalue weighted by molar-refractivity contribution is 6.08. The fraction of sp³-hybridized carbons (Fsp3) is 0.800. The molecule has 0 aromatic rings. The number of ketones is 2. The van der Waals surface area contributed by atoms with Gasteiger partial charge in [-0.1, -0.05) is 0 Å². The normalized spacial score (nSPS) is 11.5. The number of rotatable bonds is 9. The minimum atomic E-state index is -2.06. The van der Waals surface area contributed by atoms with E-state index in [2.05, 4.69) is 0 Å². The fourth-order valence-corrected chi connectivity index (χ4v) is 0.955. The van der Waals surface area contributed by atoms with Gasteiger partial charge in [-0.2, -0.15) is 0 Å². The maximum absolute atomic E-state index is 11.1. The topological polar surface area (TPSA) is 93.1 Å². The molecule has 0 aliphatic carbocycles. The monoisotopic (exact) mass is 234 g/mol. The molecule has 0 rings (SSSR count). The summed E-state index contributed by atoms with van der Waals surface area (Å²) in [6.45, 7) is 2.38. The number of Topliss-reactive ketones (excluding diaryl/α,β-unsaturated/α-hetero) is 2. The van der Waals surface area contributed by atoms with Crippen molar-refractivity contribution in [3.05, 3.63) is 0 Å². The summed E-state index contributed by atoms with van der Waals surface area (Å²) in [5.74, 6) is -1.28. The zero-order valence-electron chi connectivity index (χ0n) is 9.56. The molecule has 2 N–H and O–H groups in total. The maximum Gasteiger partial charge on any atom is 0.204 e. The van der Waals surface area contributed by atoms with Gasteiger partial charge in [0.25, 0.3) is 0 Å². The van der Waals surface area contributed by atoms with Gasteiger partial charge < -0.3 is 19.7 Å². The van der Waals surface area contributed by atoms with Crippen LogP contribution in [0.5, 0.6) is 0 Å². The van der Waals surface area contributed by atoms with Gasteiger partial charge in [0.2, 0.25) is 5.60 Å². The fourth-order valence-electron chi connectivity index (χ4n) is 0.955. The Balaban J connectivity index is 3.88. The molecule has 0 aromatic heterocycles. The van der Waals surface area contributed by atoms with E-state index in [-0.39, 0.29) is 33.0 Å². The predicted molar refractivity (Wildman–Crippen MR) is 55.0 cm³/mol. The van der Waals surface area contributed by atoms with Gasteiger partial charge in [-0.05, 0) is 13.8 Å². The van der Waals surface area contributed by atoms with Crippen LogP contribution in [0.3, 0.4) is 0 Å². The average Bonchev–Trinajstić information content (AvgIpc) is 2.22. The lowest BCUT2D eigenvalue weighted by molar-refractivity contribution is -0.155. The smallest absolute Gasteiger partial charge is 0.204 e. The average molecular weight is 234 g/mol. The summed E-state index contributed by atoms with van der Waals surface area (Å²) < 4.78 is 9.86. The van der Waals surface area contributed by atoms with Gasteiger partial charge in [0.05, 0.1) is 33.0 Å². The van der Waals surface area contributed by atoms with E-state index < -0.39 is 17.2 Å². The van der Waals surface area contributed by atoms with Crippen LogP contribution in [-0.4, -0.2) is 60.4 Å². The van der Waals surface area contributed by atoms with E-state index in [1.165, 1.54) is 0 Å². The van der Waals surface area contributed by atoms with Crippen molar-refractivity contribution < 1.29 is 29.3 Å². The van der Waals surface area contributed by atoms with Crippen LogP contribution in [0.1, 0.15) is 13.8 Å². The van der Waals surface area contributed by atoms with Crippen LogP contribution in [0.25, 0.3) is 0 Å². The number of hydrogen-bond donors (Lipinski definition) is 2. The zero-order valence-corrected chi connectivity index (χ0v) is 9.56. The molecule has 0 aromatic carbocycles. The van der Waals surface area contributed by atoms with Crippen molar-refractivity contribution in [3.8, 4) is 0 Å². The van der Waals surface area contributed by atoms with Gasteiger partial charge in [-0.3, -0.25) is 9.59 Å². The standard InChI is InChI=1S/C10H18O6/c1-8(12)10(14,9(2)13)7-16-6-5-15-4-3-11/h11,14H,3-7H2,1-2H3. The van der Waals surface area contributed by atoms with Gasteiger partial charge >= 0.3 is 0 Å². The molecule has 0 bridgehead atoms. The molecule has 6 nitrogen and oxygen atoms in total. The predicted octanol–water partition coefficient (Wildman–Crippen LogP) is -1.08. The summed E-state index contributed by atoms with van der Waals surface area (Å²) in [5.41, 5.74) is -2.06. The van der Waals surface area contributed by atoms with E-state index in [0.29, 0.717) is 0 Å². The Kier molecular flexibility index (Phi) is 7.07. The molecular weight excluding hydrogens is 216 g/mol. The highest BCUT2D eigenvalue weighted by Crippen LogP contribution is 2.08. The number of carbonyl (C=O) groups is 2. The lowest BCUT2D eigenvalue weighted by Gasteiger charge is -2.21. The van der Waals surface area contributed by atoms with Crippen LogP contribution >= 0.6 is 0 Å². The largest absolute Gasteiger partial charge is 0.394 e. The van der Waals surface area contributed by atoms with Crippen molar-refractivity contribution in [1.82, 2.24) is 0 Å². The van der Waals surface area contributed by atoms with Crippen molar-refractivity contribution in [2.45, 2.75) is 19.4 Å². The summed E-state index contributed by atoms with van der Waals surface area (Å²) in [6.07, 6.45) is 0. The number of ether oxygens (including phenoxy) is 2. The summed E-state index contributed by atoms with van der Waals surface area (Å²) >= 11 is 0. The van der Waals surface area contributed by atoms with E-state index in [1.807, 2.05) is 0 Å². The quantitative estimate of drug-likeness (QED) is 0.389. The van der Waals surface area contributed by atoms with Crippen LogP contribution in [0.15, 0.2) is 0 Å². The first-order valence-electron chi connectivity index (χ1n) is 4.96. The highest BCUT2D eigenvalue weighted by atomic mass is 16.5. The highest BCUT2D eigenvalue weighted by Gasteiger charge is 2.38. The van der Waals surface area contributed by atoms with E-state index >= 15 is 0 Å². The molecule has 16 heavy (non-hydrogen) atoms. The van der Waals surface area contributed by atoms with E-state index in [4.69, 9.17) is 14.6 Å². The van der Waals surface area contributed by atoms with E-state index in [1.54, 1.807) is 0 Å². The number of carbonyl (C=O) groups excluding carboxylic acids is 2. The number of aliphatic hydroxyl groups excluding tert-OH is 1.